The van der Waals surface area contributed by atoms with Crippen molar-refractivity contribution in [1.82, 2.24) is 10.2 Å². The summed E-state index contributed by atoms with van der Waals surface area (Å²) in [6.45, 7) is 4.03. The Morgan fingerprint density at radius 3 is 2.92 bits per heavy atom. The van der Waals surface area contributed by atoms with Crippen molar-refractivity contribution in [2.75, 3.05) is 26.4 Å². The van der Waals surface area contributed by atoms with Gasteiger partial charge in [0.15, 0.2) is 0 Å². The molecule has 0 spiro atoms. The van der Waals surface area contributed by atoms with Crippen LogP contribution in [-0.4, -0.2) is 37.3 Å². The fourth-order valence-corrected chi connectivity index (χ4v) is 3.44. The third-order valence-corrected chi connectivity index (χ3v) is 4.74. The van der Waals surface area contributed by atoms with Gasteiger partial charge < -0.3 is 24.1 Å². The summed E-state index contributed by atoms with van der Waals surface area (Å²) in [6.07, 6.45) is 0.762. The maximum atomic E-state index is 12.9. The zero-order valence-electron chi connectivity index (χ0n) is 14.2. The largest absolute Gasteiger partial charge is 0.493 e. The number of para-hydroxylation sites is 1. The molecular weight excluding hydrogens is 320 g/mol. The fourth-order valence-electron chi connectivity index (χ4n) is 3.44. The maximum Gasteiger partial charge on any atom is 0.318 e. The van der Waals surface area contributed by atoms with Crippen molar-refractivity contribution in [2.45, 2.75) is 25.4 Å². The number of ether oxygens (including phenoxy) is 2. The number of urea groups is 1. The topological polar surface area (TPSA) is 63.9 Å². The molecule has 6 heteroatoms. The average Bonchev–Trinajstić information content (AvgIpc) is 3.08. The molecular formula is C19H22N2O4. The van der Waals surface area contributed by atoms with Crippen molar-refractivity contribution in [3.8, 4) is 5.75 Å². The molecule has 0 unspecified atom stereocenters. The van der Waals surface area contributed by atoms with E-state index in [0.29, 0.717) is 26.4 Å². The Morgan fingerprint density at radius 2 is 2.08 bits per heavy atom. The van der Waals surface area contributed by atoms with Gasteiger partial charge in [0.2, 0.25) is 0 Å². The van der Waals surface area contributed by atoms with Crippen molar-refractivity contribution in [1.29, 1.82) is 0 Å². The van der Waals surface area contributed by atoms with Crippen LogP contribution < -0.4 is 10.1 Å². The van der Waals surface area contributed by atoms with Gasteiger partial charge in [0.1, 0.15) is 23.3 Å². The molecule has 1 fully saturated rings. The van der Waals surface area contributed by atoms with E-state index in [9.17, 15) is 4.79 Å². The summed E-state index contributed by atoms with van der Waals surface area (Å²) in [7, 11) is 0. The molecule has 2 aromatic rings. The van der Waals surface area contributed by atoms with Crippen LogP contribution in [0.4, 0.5) is 4.79 Å². The number of hydrogen-bond acceptors (Lipinski definition) is 4. The predicted octanol–water partition coefficient (Wildman–Crippen LogP) is 3.19. The lowest BCUT2D eigenvalue weighted by Crippen LogP contribution is -2.49. The SMILES string of the molecule is Cc1ccc([C@@H]2COCCN2C(=O)N[C@@H]2CCOc3ccccc32)o1. The average molecular weight is 342 g/mol. The highest BCUT2D eigenvalue weighted by Gasteiger charge is 2.33. The zero-order chi connectivity index (χ0) is 17.2. The quantitative estimate of drug-likeness (QED) is 0.910. The first kappa shape index (κ1) is 16.0. The van der Waals surface area contributed by atoms with E-state index in [2.05, 4.69) is 5.32 Å². The number of aryl methyl sites for hydroxylation is 1. The van der Waals surface area contributed by atoms with Gasteiger partial charge >= 0.3 is 6.03 Å². The van der Waals surface area contributed by atoms with E-state index in [0.717, 1.165) is 29.3 Å². The van der Waals surface area contributed by atoms with E-state index in [-0.39, 0.29) is 18.1 Å². The van der Waals surface area contributed by atoms with E-state index >= 15 is 0 Å². The Kier molecular flexibility index (Phi) is 4.36. The van der Waals surface area contributed by atoms with Crippen LogP contribution >= 0.6 is 0 Å². The van der Waals surface area contributed by atoms with Gasteiger partial charge in [-0.05, 0) is 25.1 Å². The van der Waals surface area contributed by atoms with E-state index in [1.807, 2.05) is 43.3 Å². The monoisotopic (exact) mass is 342 g/mol. The van der Waals surface area contributed by atoms with Crippen LogP contribution in [0.1, 0.15) is 35.6 Å². The normalized spacial score (nSPS) is 22.8. The van der Waals surface area contributed by atoms with Gasteiger partial charge in [-0.2, -0.15) is 0 Å². The van der Waals surface area contributed by atoms with Crippen molar-refractivity contribution < 1.29 is 18.7 Å². The minimum absolute atomic E-state index is 0.0423. The lowest BCUT2D eigenvalue weighted by atomic mass is 10.0. The number of amides is 2. The van der Waals surface area contributed by atoms with Crippen LogP contribution in [0.3, 0.4) is 0 Å². The first-order chi connectivity index (χ1) is 12.2. The Hall–Kier alpha value is -2.47. The number of furan rings is 1. The zero-order valence-corrected chi connectivity index (χ0v) is 14.2. The standard InChI is InChI=1S/C19H22N2O4/c1-13-6-7-18(25-13)16-12-23-11-9-21(16)19(22)20-15-8-10-24-17-5-3-2-4-14(15)17/h2-7,15-16H,8-12H2,1H3,(H,20,22)/t15-,16+/m1/s1. The van der Waals surface area contributed by atoms with Crippen LogP contribution in [0.15, 0.2) is 40.8 Å². The highest BCUT2D eigenvalue weighted by Crippen LogP contribution is 2.32. The Balaban J connectivity index is 1.52. The number of nitrogens with one attached hydrogen (secondary N) is 1. The summed E-state index contributed by atoms with van der Waals surface area (Å²) >= 11 is 0. The van der Waals surface area contributed by atoms with Crippen molar-refractivity contribution in [3.63, 3.8) is 0 Å². The molecule has 25 heavy (non-hydrogen) atoms. The third-order valence-electron chi connectivity index (χ3n) is 4.74. The summed E-state index contributed by atoms with van der Waals surface area (Å²) in [6, 6.07) is 11.4. The first-order valence-electron chi connectivity index (χ1n) is 8.65. The van der Waals surface area contributed by atoms with Crippen LogP contribution in [0.5, 0.6) is 5.75 Å². The van der Waals surface area contributed by atoms with Crippen LogP contribution in [-0.2, 0) is 4.74 Å². The minimum Gasteiger partial charge on any atom is -0.493 e. The molecule has 2 atom stereocenters. The van der Waals surface area contributed by atoms with Gasteiger partial charge in [-0.1, -0.05) is 18.2 Å². The number of fused-ring (bicyclic) bond motifs is 1. The Labute approximate surface area is 146 Å². The molecule has 0 aliphatic carbocycles. The second-order valence-electron chi connectivity index (χ2n) is 6.41. The van der Waals surface area contributed by atoms with E-state index in [1.54, 1.807) is 4.90 Å². The first-order valence-corrected chi connectivity index (χ1v) is 8.65. The van der Waals surface area contributed by atoms with Gasteiger partial charge in [0.05, 0.1) is 25.9 Å². The molecule has 0 radical (unpaired) electrons. The fraction of sp³-hybridized carbons (Fsp3) is 0.421. The predicted molar refractivity (Wildman–Crippen MR) is 91.5 cm³/mol. The molecule has 2 amide bonds. The second kappa shape index (κ2) is 6.80. The molecule has 0 bridgehead atoms. The van der Waals surface area contributed by atoms with Crippen LogP contribution in [0.2, 0.25) is 0 Å². The van der Waals surface area contributed by atoms with Gasteiger partial charge in [-0.15, -0.1) is 0 Å². The summed E-state index contributed by atoms with van der Waals surface area (Å²) in [4.78, 5) is 14.7. The summed E-state index contributed by atoms with van der Waals surface area (Å²) < 4.78 is 17.0. The molecule has 0 saturated carbocycles. The van der Waals surface area contributed by atoms with Crippen LogP contribution in [0, 0.1) is 6.92 Å². The van der Waals surface area contributed by atoms with Gasteiger partial charge in [0, 0.05) is 18.5 Å². The highest BCUT2D eigenvalue weighted by atomic mass is 16.5. The molecule has 2 aliphatic heterocycles. The molecule has 6 nitrogen and oxygen atoms in total. The summed E-state index contributed by atoms with van der Waals surface area (Å²) in [5.74, 6) is 2.44. The lowest BCUT2D eigenvalue weighted by Gasteiger charge is -2.36. The van der Waals surface area contributed by atoms with Crippen molar-refractivity contribution in [2.24, 2.45) is 0 Å². The number of hydrogen-bond donors (Lipinski definition) is 1. The number of carbonyl (C=O) groups excluding carboxylic acids is 1. The smallest absolute Gasteiger partial charge is 0.318 e. The molecule has 1 saturated heterocycles. The van der Waals surface area contributed by atoms with Gasteiger partial charge in [0.25, 0.3) is 0 Å². The van der Waals surface area contributed by atoms with Gasteiger partial charge in [-0.3, -0.25) is 0 Å². The molecule has 3 heterocycles. The number of nitrogens with zero attached hydrogens (tertiary/aromatic N) is 1. The molecule has 2 aliphatic rings. The second-order valence-corrected chi connectivity index (χ2v) is 6.41. The molecule has 1 N–H and O–H groups in total. The van der Waals surface area contributed by atoms with Crippen molar-refractivity contribution >= 4 is 6.03 Å². The number of benzene rings is 1. The third kappa shape index (κ3) is 3.22. The lowest BCUT2D eigenvalue weighted by molar-refractivity contribution is 0.00320. The molecule has 4 rings (SSSR count). The van der Waals surface area contributed by atoms with E-state index in [4.69, 9.17) is 13.9 Å². The molecule has 132 valence electrons. The maximum absolute atomic E-state index is 12.9. The Morgan fingerprint density at radius 1 is 1.20 bits per heavy atom. The molecule has 1 aromatic carbocycles. The number of rotatable bonds is 2. The van der Waals surface area contributed by atoms with Gasteiger partial charge in [-0.25, -0.2) is 4.79 Å². The number of morpholine rings is 1. The van der Waals surface area contributed by atoms with Crippen LogP contribution in [0.25, 0.3) is 0 Å². The molecule has 1 aromatic heterocycles. The highest BCUT2D eigenvalue weighted by molar-refractivity contribution is 5.75. The summed E-state index contributed by atoms with van der Waals surface area (Å²) in [5.41, 5.74) is 1.03. The Bertz CT molecular complexity index is 757. The van der Waals surface area contributed by atoms with E-state index in [1.165, 1.54) is 0 Å². The van der Waals surface area contributed by atoms with Crippen molar-refractivity contribution in [3.05, 3.63) is 53.5 Å². The van der Waals surface area contributed by atoms with E-state index < -0.39 is 0 Å². The minimum atomic E-state index is -0.197. The number of carbonyl (C=O) groups is 1. The summed E-state index contributed by atoms with van der Waals surface area (Å²) in [5, 5.41) is 3.16.